The van der Waals surface area contributed by atoms with Crippen LogP contribution in [0.2, 0.25) is 0 Å². The fourth-order valence-corrected chi connectivity index (χ4v) is 1.81. The fourth-order valence-electron chi connectivity index (χ4n) is 1.81. The monoisotopic (exact) mass is 213 g/mol. The Morgan fingerprint density at radius 2 is 1.94 bits per heavy atom. The second kappa shape index (κ2) is 6.11. The Morgan fingerprint density at radius 1 is 1.06 bits per heavy atom. The summed E-state index contributed by atoms with van der Waals surface area (Å²) >= 11 is 0. The standard InChI is InChI=1S/C14H17N2/c1-3-7-14(8-4-1)9-5-2-6-11-16-12-10-15-13-16/h1,3-4,7-8,10,12H,2,5-6,9,11H2. The number of nitrogens with zero attached hydrogens (tertiary/aromatic N) is 2. The third kappa shape index (κ3) is 3.54. The van der Waals surface area contributed by atoms with E-state index in [-0.39, 0.29) is 0 Å². The van der Waals surface area contributed by atoms with Crippen LogP contribution in [0.5, 0.6) is 0 Å². The van der Waals surface area contributed by atoms with Crippen molar-refractivity contribution in [3.05, 3.63) is 54.6 Å². The minimum Gasteiger partial charge on any atom is -0.328 e. The fraction of sp³-hybridized carbons (Fsp3) is 0.357. The molecule has 0 unspecified atom stereocenters. The van der Waals surface area contributed by atoms with Gasteiger partial charge in [-0.25, -0.2) is 4.98 Å². The van der Waals surface area contributed by atoms with Gasteiger partial charge in [0.25, 0.3) is 0 Å². The Bertz CT molecular complexity index is 378. The van der Waals surface area contributed by atoms with E-state index in [2.05, 4.69) is 41.6 Å². The van der Waals surface area contributed by atoms with E-state index >= 15 is 0 Å². The number of hydrogen-bond acceptors (Lipinski definition) is 1. The van der Waals surface area contributed by atoms with Gasteiger partial charge in [-0.05, 0) is 24.8 Å². The van der Waals surface area contributed by atoms with Crippen LogP contribution in [0.4, 0.5) is 0 Å². The molecule has 0 N–H and O–H groups in total. The van der Waals surface area contributed by atoms with Crippen LogP contribution in [0, 0.1) is 6.33 Å². The van der Waals surface area contributed by atoms with Crippen LogP contribution in [0.1, 0.15) is 24.8 Å². The molecule has 2 heteroatoms. The first-order valence-electron chi connectivity index (χ1n) is 5.88. The lowest BCUT2D eigenvalue weighted by atomic mass is 10.1. The highest BCUT2D eigenvalue weighted by Crippen LogP contribution is 2.06. The molecule has 0 aliphatic rings. The maximum atomic E-state index is 3.91. The van der Waals surface area contributed by atoms with Gasteiger partial charge >= 0.3 is 0 Å². The lowest BCUT2D eigenvalue weighted by Gasteiger charge is -2.02. The van der Waals surface area contributed by atoms with Crippen molar-refractivity contribution >= 4 is 0 Å². The molecule has 2 aromatic rings. The average Bonchev–Trinajstić information content (AvgIpc) is 2.83. The summed E-state index contributed by atoms with van der Waals surface area (Å²) in [5, 5.41) is 0. The Labute approximate surface area is 97.0 Å². The number of unbranched alkanes of at least 4 members (excludes halogenated alkanes) is 2. The molecule has 0 fully saturated rings. The number of benzene rings is 1. The molecule has 1 radical (unpaired) electrons. The first-order valence-corrected chi connectivity index (χ1v) is 5.88. The first kappa shape index (κ1) is 10.9. The molecular formula is C14H17N2. The second-order valence-corrected chi connectivity index (χ2v) is 4.02. The van der Waals surface area contributed by atoms with Crippen molar-refractivity contribution in [2.75, 3.05) is 0 Å². The lowest BCUT2D eigenvalue weighted by molar-refractivity contribution is 0.584. The molecular weight excluding hydrogens is 196 g/mol. The van der Waals surface area contributed by atoms with E-state index in [4.69, 9.17) is 0 Å². The first-order chi connectivity index (χ1) is 7.95. The van der Waals surface area contributed by atoms with E-state index in [1.165, 1.54) is 31.2 Å². The summed E-state index contributed by atoms with van der Waals surface area (Å²) in [6.07, 6.45) is 11.6. The van der Waals surface area contributed by atoms with E-state index < -0.39 is 0 Å². The molecule has 0 atom stereocenters. The topological polar surface area (TPSA) is 17.8 Å². The van der Waals surface area contributed by atoms with Gasteiger partial charge in [-0.15, -0.1) is 0 Å². The SMILES string of the molecule is [c]1nccn1CCCCCc1ccccc1. The van der Waals surface area contributed by atoms with Crippen molar-refractivity contribution in [1.29, 1.82) is 0 Å². The van der Waals surface area contributed by atoms with Gasteiger partial charge in [0.2, 0.25) is 0 Å². The minimum absolute atomic E-state index is 1.04. The molecule has 0 aliphatic heterocycles. The second-order valence-electron chi connectivity index (χ2n) is 4.02. The highest BCUT2D eigenvalue weighted by Gasteiger charge is 1.94. The minimum atomic E-state index is 1.04. The molecule has 1 aromatic heterocycles. The highest BCUT2D eigenvalue weighted by atomic mass is 15.0. The zero-order valence-electron chi connectivity index (χ0n) is 9.47. The average molecular weight is 213 g/mol. The maximum Gasteiger partial charge on any atom is 0.176 e. The molecule has 0 saturated heterocycles. The highest BCUT2D eigenvalue weighted by molar-refractivity contribution is 5.14. The number of hydrogen-bond donors (Lipinski definition) is 0. The predicted octanol–water partition coefficient (Wildman–Crippen LogP) is 3.10. The molecule has 0 spiro atoms. The summed E-state index contributed by atoms with van der Waals surface area (Å²) in [5.74, 6) is 0. The molecule has 2 nitrogen and oxygen atoms in total. The molecule has 83 valence electrons. The Morgan fingerprint density at radius 3 is 2.69 bits per heavy atom. The molecule has 0 aliphatic carbocycles. The Hall–Kier alpha value is -1.57. The number of rotatable bonds is 6. The van der Waals surface area contributed by atoms with Crippen LogP contribution in [0.15, 0.2) is 42.7 Å². The molecule has 2 rings (SSSR count). The van der Waals surface area contributed by atoms with Crippen molar-refractivity contribution in [3.8, 4) is 0 Å². The number of aromatic nitrogens is 2. The summed E-state index contributed by atoms with van der Waals surface area (Å²) in [6.45, 7) is 1.04. The van der Waals surface area contributed by atoms with E-state index in [1.54, 1.807) is 6.20 Å². The Kier molecular flexibility index (Phi) is 4.17. The molecule has 1 heterocycles. The quantitative estimate of drug-likeness (QED) is 0.674. The van der Waals surface area contributed by atoms with Crippen LogP contribution in [-0.2, 0) is 13.0 Å². The lowest BCUT2D eigenvalue weighted by Crippen LogP contribution is -1.95. The molecule has 16 heavy (non-hydrogen) atoms. The van der Waals surface area contributed by atoms with Gasteiger partial charge < -0.3 is 4.57 Å². The predicted molar refractivity (Wildman–Crippen MR) is 65.1 cm³/mol. The van der Waals surface area contributed by atoms with Crippen molar-refractivity contribution in [2.24, 2.45) is 0 Å². The summed E-state index contributed by atoms with van der Waals surface area (Å²) in [5.41, 5.74) is 1.44. The van der Waals surface area contributed by atoms with E-state index in [0.717, 1.165) is 6.54 Å². The van der Waals surface area contributed by atoms with Crippen molar-refractivity contribution in [2.45, 2.75) is 32.2 Å². The number of imidazole rings is 1. The molecule has 0 saturated carbocycles. The third-order valence-electron chi connectivity index (χ3n) is 2.71. The van der Waals surface area contributed by atoms with Crippen LogP contribution < -0.4 is 0 Å². The summed E-state index contributed by atoms with van der Waals surface area (Å²) in [7, 11) is 0. The van der Waals surface area contributed by atoms with Gasteiger partial charge in [0, 0.05) is 18.9 Å². The largest absolute Gasteiger partial charge is 0.328 e. The van der Waals surface area contributed by atoms with E-state index in [1.807, 2.05) is 10.8 Å². The van der Waals surface area contributed by atoms with Crippen LogP contribution >= 0.6 is 0 Å². The van der Waals surface area contributed by atoms with Crippen LogP contribution in [-0.4, -0.2) is 9.55 Å². The molecule has 0 amide bonds. The van der Waals surface area contributed by atoms with Gasteiger partial charge in [-0.1, -0.05) is 36.8 Å². The van der Waals surface area contributed by atoms with Crippen molar-refractivity contribution in [3.63, 3.8) is 0 Å². The van der Waals surface area contributed by atoms with Gasteiger partial charge in [0.05, 0.1) is 0 Å². The molecule has 1 aromatic carbocycles. The zero-order valence-corrected chi connectivity index (χ0v) is 9.47. The van der Waals surface area contributed by atoms with Crippen molar-refractivity contribution < 1.29 is 0 Å². The maximum absolute atomic E-state index is 3.91. The van der Waals surface area contributed by atoms with Crippen LogP contribution in [0.3, 0.4) is 0 Å². The van der Waals surface area contributed by atoms with Gasteiger partial charge in [0.1, 0.15) is 0 Å². The number of aryl methyl sites for hydroxylation is 2. The van der Waals surface area contributed by atoms with Gasteiger partial charge in [-0.2, -0.15) is 0 Å². The normalized spacial score (nSPS) is 10.5. The molecule has 0 bridgehead atoms. The Balaban J connectivity index is 1.59. The van der Waals surface area contributed by atoms with E-state index in [0.29, 0.717) is 0 Å². The van der Waals surface area contributed by atoms with Gasteiger partial charge in [-0.3, -0.25) is 0 Å². The summed E-state index contributed by atoms with van der Waals surface area (Å²) in [4.78, 5) is 3.91. The van der Waals surface area contributed by atoms with E-state index in [9.17, 15) is 0 Å². The zero-order chi connectivity index (χ0) is 11.1. The van der Waals surface area contributed by atoms with Crippen molar-refractivity contribution in [1.82, 2.24) is 9.55 Å². The smallest absolute Gasteiger partial charge is 0.176 e. The van der Waals surface area contributed by atoms with Gasteiger partial charge in [0.15, 0.2) is 6.33 Å². The summed E-state index contributed by atoms with van der Waals surface area (Å²) in [6, 6.07) is 10.7. The third-order valence-corrected chi connectivity index (χ3v) is 2.71. The van der Waals surface area contributed by atoms with Crippen LogP contribution in [0.25, 0.3) is 0 Å². The summed E-state index contributed by atoms with van der Waals surface area (Å²) < 4.78 is 2.02.